The molecule has 0 radical (unpaired) electrons. The van der Waals surface area contributed by atoms with Crippen LogP contribution in [-0.4, -0.2) is 62.0 Å². The summed E-state index contributed by atoms with van der Waals surface area (Å²) in [5, 5.41) is 0. The van der Waals surface area contributed by atoms with E-state index in [-0.39, 0.29) is 11.8 Å². The SMILES string of the molecule is C[C@@H](Oc1cccc(O[C@H](C)C(=O)N(C)C)c1I)C(=O)N(C)C. The van der Waals surface area contributed by atoms with E-state index in [0.717, 1.165) is 3.57 Å². The summed E-state index contributed by atoms with van der Waals surface area (Å²) in [7, 11) is 6.73. The van der Waals surface area contributed by atoms with Crippen LogP contribution in [0.3, 0.4) is 0 Å². The average Bonchev–Trinajstić information content (AvgIpc) is 2.49. The van der Waals surface area contributed by atoms with Gasteiger partial charge >= 0.3 is 0 Å². The quantitative estimate of drug-likeness (QED) is 0.643. The number of likely N-dealkylation sites (N-methyl/N-ethyl adjacent to an activating group) is 2. The Balaban J connectivity index is 2.90. The lowest BCUT2D eigenvalue weighted by Gasteiger charge is -2.21. The second kappa shape index (κ2) is 8.37. The Morgan fingerprint density at radius 3 is 1.57 bits per heavy atom. The minimum atomic E-state index is -0.602. The normalized spacial score (nSPS) is 13.0. The van der Waals surface area contributed by atoms with Crippen LogP contribution in [0.15, 0.2) is 18.2 Å². The van der Waals surface area contributed by atoms with Gasteiger partial charge in [0.15, 0.2) is 12.2 Å². The van der Waals surface area contributed by atoms with E-state index in [4.69, 9.17) is 9.47 Å². The van der Waals surface area contributed by atoms with Gasteiger partial charge in [0.05, 0.1) is 3.57 Å². The highest BCUT2D eigenvalue weighted by Crippen LogP contribution is 2.31. The molecule has 1 aromatic carbocycles. The summed E-state index contributed by atoms with van der Waals surface area (Å²) in [5.41, 5.74) is 0. The molecule has 6 nitrogen and oxygen atoms in total. The van der Waals surface area contributed by atoms with E-state index in [1.807, 2.05) is 0 Å². The van der Waals surface area contributed by atoms with Gasteiger partial charge in [-0.15, -0.1) is 0 Å². The predicted octanol–water partition coefficient (Wildman–Crippen LogP) is 2.00. The maximum Gasteiger partial charge on any atom is 0.262 e. The van der Waals surface area contributed by atoms with Crippen LogP contribution in [0.5, 0.6) is 11.5 Å². The first kappa shape index (κ1) is 19.5. The molecular weight excluding hydrogens is 411 g/mol. The van der Waals surface area contributed by atoms with Crippen molar-refractivity contribution in [2.45, 2.75) is 26.1 Å². The van der Waals surface area contributed by atoms with Crippen LogP contribution < -0.4 is 9.47 Å². The van der Waals surface area contributed by atoms with Crippen molar-refractivity contribution in [3.05, 3.63) is 21.8 Å². The third kappa shape index (κ3) is 5.26. The first-order valence-corrected chi connectivity index (χ1v) is 8.27. The van der Waals surface area contributed by atoms with Gasteiger partial charge in [-0.1, -0.05) is 6.07 Å². The average molecular weight is 434 g/mol. The van der Waals surface area contributed by atoms with Gasteiger partial charge < -0.3 is 19.3 Å². The van der Waals surface area contributed by atoms with Gasteiger partial charge in [0, 0.05) is 28.2 Å². The van der Waals surface area contributed by atoms with Crippen molar-refractivity contribution in [2.24, 2.45) is 0 Å². The fourth-order valence-corrected chi connectivity index (χ4v) is 2.50. The number of amides is 2. The molecule has 0 aliphatic heterocycles. The Morgan fingerprint density at radius 1 is 0.913 bits per heavy atom. The number of rotatable bonds is 6. The molecule has 23 heavy (non-hydrogen) atoms. The Hall–Kier alpha value is -1.51. The van der Waals surface area contributed by atoms with Gasteiger partial charge in [0.25, 0.3) is 11.8 Å². The molecule has 0 N–H and O–H groups in total. The summed E-state index contributed by atoms with van der Waals surface area (Å²) in [4.78, 5) is 26.8. The molecule has 7 heteroatoms. The zero-order valence-electron chi connectivity index (χ0n) is 14.3. The van der Waals surface area contributed by atoms with Crippen molar-refractivity contribution in [2.75, 3.05) is 28.2 Å². The van der Waals surface area contributed by atoms with Gasteiger partial charge in [0.1, 0.15) is 11.5 Å². The third-order valence-corrected chi connectivity index (χ3v) is 4.18. The fourth-order valence-electron chi connectivity index (χ4n) is 1.88. The van der Waals surface area contributed by atoms with Crippen LogP contribution in [0.25, 0.3) is 0 Å². The smallest absolute Gasteiger partial charge is 0.262 e. The molecule has 2 amide bonds. The molecule has 0 saturated heterocycles. The van der Waals surface area contributed by atoms with Gasteiger partial charge in [-0.25, -0.2) is 0 Å². The monoisotopic (exact) mass is 434 g/mol. The fraction of sp³-hybridized carbons (Fsp3) is 0.500. The second-order valence-electron chi connectivity index (χ2n) is 5.55. The Morgan fingerprint density at radius 2 is 1.26 bits per heavy atom. The molecule has 2 atom stereocenters. The number of nitrogens with zero attached hydrogens (tertiary/aromatic N) is 2. The summed E-state index contributed by atoms with van der Waals surface area (Å²) < 4.78 is 12.2. The van der Waals surface area contributed by atoms with Crippen LogP contribution >= 0.6 is 22.6 Å². The van der Waals surface area contributed by atoms with Crippen molar-refractivity contribution in [1.82, 2.24) is 9.80 Å². The predicted molar refractivity (Wildman–Crippen MR) is 96.7 cm³/mol. The van der Waals surface area contributed by atoms with E-state index in [0.29, 0.717) is 11.5 Å². The molecule has 0 bridgehead atoms. The molecule has 1 aromatic rings. The van der Waals surface area contributed by atoms with E-state index >= 15 is 0 Å². The van der Waals surface area contributed by atoms with Crippen LogP contribution in [0.1, 0.15) is 13.8 Å². The standard InChI is InChI=1S/C16H23IN2O4/c1-10(15(20)18(3)4)22-12-8-7-9-13(14(12)17)23-11(2)16(21)19(5)6/h7-11H,1-6H3/t10-,11-/m1/s1. The molecule has 0 aliphatic rings. The van der Waals surface area contributed by atoms with E-state index in [9.17, 15) is 9.59 Å². The van der Waals surface area contributed by atoms with Crippen LogP contribution in [0.4, 0.5) is 0 Å². The zero-order chi connectivity index (χ0) is 17.7. The summed E-state index contributed by atoms with van der Waals surface area (Å²) in [5.74, 6) is 0.858. The maximum atomic E-state index is 11.9. The van der Waals surface area contributed by atoms with Crippen molar-refractivity contribution in [1.29, 1.82) is 0 Å². The number of ether oxygens (including phenoxy) is 2. The lowest BCUT2D eigenvalue weighted by atomic mass is 10.3. The van der Waals surface area contributed by atoms with Crippen LogP contribution in [0, 0.1) is 3.57 Å². The molecule has 0 aromatic heterocycles. The minimum Gasteiger partial charge on any atom is -0.480 e. The number of halogens is 1. The Labute approximate surface area is 150 Å². The highest BCUT2D eigenvalue weighted by atomic mass is 127. The Bertz CT molecular complexity index is 529. The molecular formula is C16H23IN2O4. The summed E-state index contributed by atoms with van der Waals surface area (Å²) in [6.07, 6.45) is -1.20. The summed E-state index contributed by atoms with van der Waals surface area (Å²) in [6.45, 7) is 3.40. The first-order valence-electron chi connectivity index (χ1n) is 7.19. The molecule has 0 unspecified atom stereocenters. The highest BCUT2D eigenvalue weighted by molar-refractivity contribution is 14.1. The number of benzene rings is 1. The lowest BCUT2D eigenvalue weighted by Crippen LogP contribution is -2.36. The number of hydrogen-bond acceptors (Lipinski definition) is 4. The van der Waals surface area contributed by atoms with Gasteiger partial charge in [-0.3, -0.25) is 9.59 Å². The van der Waals surface area contributed by atoms with Crippen molar-refractivity contribution in [3.63, 3.8) is 0 Å². The summed E-state index contributed by atoms with van der Waals surface area (Å²) >= 11 is 2.09. The molecule has 128 valence electrons. The van der Waals surface area contributed by atoms with E-state index in [1.54, 1.807) is 60.2 Å². The minimum absolute atomic E-state index is 0.122. The third-order valence-electron chi connectivity index (χ3n) is 3.11. The largest absolute Gasteiger partial charge is 0.480 e. The molecule has 0 fully saturated rings. The van der Waals surface area contributed by atoms with Crippen molar-refractivity contribution in [3.8, 4) is 11.5 Å². The molecule has 0 aliphatic carbocycles. The summed E-state index contributed by atoms with van der Waals surface area (Å²) in [6, 6.07) is 5.31. The van der Waals surface area contributed by atoms with Gasteiger partial charge in [-0.2, -0.15) is 0 Å². The van der Waals surface area contributed by atoms with Gasteiger partial charge in [-0.05, 0) is 48.6 Å². The number of carbonyl (C=O) groups is 2. The topological polar surface area (TPSA) is 59.1 Å². The van der Waals surface area contributed by atoms with E-state index < -0.39 is 12.2 Å². The number of hydrogen-bond donors (Lipinski definition) is 0. The zero-order valence-corrected chi connectivity index (χ0v) is 16.4. The first-order chi connectivity index (χ1) is 10.6. The van der Waals surface area contributed by atoms with E-state index in [2.05, 4.69) is 22.6 Å². The highest BCUT2D eigenvalue weighted by Gasteiger charge is 2.21. The molecule has 0 saturated carbocycles. The molecule has 1 rings (SSSR count). The maximum absolute atomic E-state index is 11.9. The van der Waals surface area contributed by atoms with Crippen molar-refractivity contribution >= 4 is 34.4 Å². The van der Waals surface area contributed by atoms with Gasteiger partial charge in [0.2, 0.25) is 0 Å². The van der Waals surface area contributed by atoms with Crippen LogP contribution in [0.2, 0.25) is 0 Å². The lowest BCUT2D eigenvalue weighted by molar-refractivity contribution is -0.135. The van der Waals surface area contributed by atoms with Crippen LogP contribution in [-0.2, 0) is 9.59 Å². The number of carbonyl (C=O) groups excluding carboxylic acids is 2. The van der Waals surface area contributed by atoms with Crippen molar-refractivity contribution < 1.29 is 19.1 Å². The van der Waals surface area contributed by atoms with E-state index in [1.165, 1.54) is 9.80 Å². The Kier molecular flexibility index (Phi) is 7.11. The molecule has 0 spiro atoms. The second-order valence-corrected chi connectivity index (χ2v) is 6.63. The molecule has 0 heterocycles.